The second-order valence-corrected chi connectivity index (χ2v) is 2.57. The number of carbonyl (C=O) groups excluding carboxylic acids is 2. The van der Waals surface area contributed by atoms with Crippen molar-refractivity contribution < 1.29 is 9.59 Å². The van der Waals surface area contributed by atoms with Crippen molar-refractivity contribution in [1.82, 2.24) is 10.6 Å². The molecule has 0 bridgehead atoms. The third-order valence-electron chi connectivity index (χ3n) is 1.56. The summed E-state index contributed by atoms with van der Waals surface area (Å²) in [4.78, 5) is 21.7. The lowest BCUT2D eigenvalue weighted by atomic mass is 10.1. The fraction of sp³-hybridized carbons (Fsp3) is 0.750. The molecule has 0 aliphatic heterocycles. The lowest BCUT2D eigenvalue weighted by Gasteiger charge is -1.99. The lowest BCUT2D eigenvalue weighted by molar-refractivity contribution is -0.125. The maximum absolute atomic E-state index is 11.0. The first kappa shape index (κ1) is 11.1. The number of amides is 1. The van der Waals surface area contributed by atoms with Crippen LogP contribution in [0.2, 0.25) is 0 Å². The van der Waals surface area contributed by atoms with Gasteiger partial charge in [0.1, 0.15) is 5.78 Å². The van der Waals surface area contributed by atoms with E-state index in [1.54, 1.807) is 14.1 Å². The fourth-order valence-corrected chi connectivity index (χ4v) is 0.767. The smallest absolute Gasteiger partial charge is 0.220 e. The van der Waals surface area contributed by atoms with Crippen molar-refractivity contribution in [3.63, 3.8) is 0 Å². The average Bonchev–Trinajstić information content (AvgIpc) is 2.10. The van der Waals surface area contributed by atoms with Gasteiger partial charge in [-0.2, -0.15) is 0 Å². The molecule has 0 rings (SSSR count). The van der Waals surface area contributed by atoms with Crippen LogP contribution in [0.15, 0.2) is 0 Å². The van der Waals surface area contributed by atoms with E-state index in [0.29, 0.717) is 25.8 Å². The Morgan fingerprint density at radius 2 is 1.75 bits per heavy atom. The molecule has 0 saturated carbocycles. The molecule has 0 aromatic carbocycles. The molecule has 4 heteroatoms. The molecule has 0 aromatic rings. The summed E-state index contributed by atoms with van der Waals surface area (Å²) in [5.41, 5.74) is 0. The van der Waals surface area contributed by atoms with E-state index >= 15 is 0 Å². The first-order valence-electron chi connectivity index (χ1n) is 4.07. The summed E-state index contributed by atoms with van der Waals surface area (Å²) in [6, 6.07) is 0. The van der Waals surface area contributed by atoms with Crippen LogP contribution in [0.1, 0.15) is 19.3 Å². The van der Waals surface area contributed by atoms with Gasteiger partial charge >= 0.3 is 0 Å². The summed E-state index contributed by atoms with van der Waals surface area (Å²) >= 11 is 0. The summed E-state index contributed by atoms with van der Waals surface area (Å²) in [5.74, 6) is 0.0563. The van der Waals surface area contributed by atoms with Gasteiger partial charge in [0, 0.05) is 32.9 Å². The van der Waals surface area contributed by atoms with Crippen molar-refractivity contribution in [2.45, 2.75) is 19.3 Å². The van der Waals surface area contributed by atoms with Crippen molar-refractivity contribution >= 4 is 11.7 Å². The minimum atomic E-state index is -0.0761. The lowest BCUT2D eigenvalue weighted by Crippen LogP contribution is -2.19. The molecule has 0 heterocycles. The molecule has 2 N–H and O–H groups in total. The molecule has 0 unspecified atom stereocenters. The number of carbonyl (C=O) groups is 2. The summed E-state index contributed by atoms with van der Waals surface area (Å²) in [6.07, 6.45) is 1.16. The molecule has 1 amide bonds. The largest absolute Gasteiger partial charge is 0.359 e. The SMILES string of the molecule is CNCCC(=O)CCC(=O)NC. The molecule has 0 aromatic heterocycles. The highest BCUT2D eigenvalue weighted by Gasteiger charge is 2.04. The predicted molar refractivity (Wildman–Crippen MR) is 46.9 cm³/mol. The normalized spacial score (nSPS) is 9.50. The second kappa shape index (κ2) is 6.79. The zero-order chi connectivity index (χ0) is 9.40. The maximum Gasteiger partial charge on any atom is 0.220 e. The minimum Gasteiger partial charge on any atom is -0.359 e. The van der Waals surface area contributed by atoms with Gasteiger partial charge in [0.05, 0.1) is 0 Å². The quantitative estimate of drug-likeness (QED) is 0.578. The van der Waals surface area contributed by atoms with Crippen molar-refractivity contribution in [1.29, 1.82) is 0 Å². The molecule has 0 aliphatic rings. The molecule has 12 heavy (non-hydrogen) atoms. The molecule has 0 radical (unpaired) electrons. The van der Waals surface area contributed by atoms with E-state index in [1.807, 2.05) is 0 Å². The monoisotopic (exact) mass is 172 g/mol. The van der Waals surface area contributed by atoms with Crippen LogP contribution >= 0.6 is 0 Å². The Morgan fingerprint density at radius 1 is 1.08 bits per heavy atom. The summed E-state index contributed by atoms with van der Waals surface area (Å²) < 4.78 is 0. The summed E-state index contributed by atoms with van der Waals surface area (Å²) in [6.45, 7) is 0.687. The second-order valence-electron chi connectivity index (χ2n) is 2.57. The van der Waals surface area contributed by atoms with Gasteiger partial charge in [-0.3, -0.25) is 9.59 Å². The highest BCUT2D eigenvalue weighted by atomic mass is 16.2. The first-order chi connectivity index (χ1) is 5.70. The highest BCUT2D eigenvalue weighted by Crippen LogP contribution is 1.93. The summed E-state index contributed by atoms with van der Waals surface area (Å²) in [5, 5.41) is 5.35. The molecule has 4 nitrogen and oxygen atoms in total. The minimum absolute atomic E-state index is 0.0761. The first-order valence-corrected chi connectivity index (χ1v) is 4.07. The van der Waals surface area contributed by atoms with Gasteiger partial charge in [-0.25, -0.2) is 0 Å². The maximum atomic E-state index is 11.0. The molecule has 0 spiro atoms. The zero-order valence-corrected chi connectivity index (χ0v) is 7.64. The number of ketones is 1. The van der Waals surface area contributed by atoms with Crippen LogP contribution in [0, 0.1) is 0 Å². The number of hydrogen-bond donors (Lipinski definition) is 2. The summed E-state index contributed by atoms with van der Waals surface area (Å²) in [7, 11) is 3.37. The predicted octanol–water partition coefficient (Wildman–Crippen LogP) is -0.309. The Morgan fingerprint density at radius 3 is 2.25 bits per heavy atom. The topological polar surface area (TPSA) is 58.2 Å². The molecule has 0 fully saturated rings. The third-order valence-corrected chi connectivity index (χ3v) is 1.56. The van der Waals surface area contributed by atoms with Gasteiger partial charge in [0.15, 0.2) is 0 Å². The van der Waals surface area contributed by atoms with E-state index < -0.39 is 0 Å². The Bertz CT molecular complexity index is 157. The van der Waals surface area contributed by atoms with Crippen molar-refractivity contribution in [3.8, 4) is 0 Å². The molecular formula is C8H16N2O2. The Balaban J connectivity index is 3.37. The number of hydrogen-bond acceptors (Lipinski definition) is 3. The van der Waals surface area contributed by atoms with Gasteiger partial charge in [-0.15, -0.1) is 0 Å². The van der Waals surface area contributed by atoms with E-state index in [1.165, 1.54) is 0 Å². The standard InChI is InChI=1S/C8H16N2O2/c1-9-6-5-7(11)3-4-8(12)10-2/h9H,3-6H2,1-2H3,(H,10,12). The average molecular weight is 172 g/mol. The highest BCUT2D eigenvalue weighted by molar-refractivity contribution is 5.84. The molecule has 0 aliphatic carbocycles. The molecular weight excluding hydrogens is 156 g/mol. The van der Waals surface area contributed by atoms with Crippen LogP contribution in [0.4, 0.5) is 0 Å². The van der Waals surface area contributed by atoms with Gasteiger partial charge < -0.3 is 10.6 Å². The fourth-order valence-electron chi connectivity index (χ4n) is 0.767. The van der Waals surface area contributed by atoms with E-state index in [-0.39, 0.29) is 11.7 Å². The van der Waals surface area contributed by atoms with E-state index in [0.717, 1.165) is 0 Å². The van der Waals surface area contributed by atoms with E-state index in [9.17, 15) is 9.59 Å². The van der Waals surface area contributed by atoms with Gasteiger partial charge in [-0.05, 0) is 7.05 Å². The third kappa shape index (κ3) is 5.85. The van der Waals surface area contributed by atoms with Crippen LogP contribution in [-0.2, 0) is 9.59 Å². The van der Waals surface area contributed by atoms with Crippen LogP contribution in [0.5, 0.6) is 0 Å². The molecule has 70 valence electrons. The molecule has 0 atom stereocenters. The van der Waals surface area contributed by atoms with Gasteiger partial charge in [0.2, 0.25) is 5.91 Å². The van der Waals surface area contributed by atoms with Crippen molar-refractivity contribution in [2.75, 3.05) is 20.6 Å². The Hall–Kier alpha value is -0.900. The molecule has 0 saturated heterocycles. The van der Waals surface area contributed by atoms with Crippen LogP contribution in [0.3, 0.4) is 0 Å². The van der Waals surface area contributed by atoms with Crippen LogP contribution < -0.4 is 10.6 Å². The van der Waals surface area contributed by atoms with Crippen molar-refractivity contribution in [2.24, 2.45) is 0 Å². The number of Topliss-reactive ketones (excluding diaryl/α,β-unsaturated/α-hetero) is 1. The van der Waals surface area contributed by atoms with Crippen LogP contribution in [-0.4, -0.2) is 32.3 Å². The van der Waals surface area contributed by atoms with Crippen LogP contribution in [0.25, 0.3) is 0 Å². The Kier molecular flexibility index (Phi) is 6.28. The number of rotatable bonds is 6. The van der Waals surface area contributed by atoms with Gasteiger partial charge in [-0.1, -0.05) is 0 Å². The van der Waals surface area contributed by atoms with Crippen molar-refractivity contribution in [3.05, 3.63) is 0 Å². The number of nitrogens with one attached hydrogen (secondary N) is 2. The Labute approximate surface area is 72.7 Å². The van der Waals surface area contributed by atoms with E-state index in [4.69, 9.17) is 0 Å². The zero-order valence-electron chi connectivity index (χ0n) is 7.64. The van der Waals surface area contributed by atoms with Gasteiger partial charge in [0.25, 0.3) is 0 Å². The van der Waals surface area contributed by atoms with E-state index in [2.05, 4.69) is 10.6 Å².